The first kappa shape index (κ1) is 12.1. The molecule has 0 aliphatic carbocycles. The summed E-state index contributed by atoms with van der Waals surface area (Å²) in [6.07, 6.45) is -0.447. The van der Waals surface area contributed by atoms with Gasteiger partial charge in [-0.25, -0.2) is 0 Å². The van der Waals surface area contributed by atoms with Crippen LogP contribution >= 0.6 is 0 Å². The average molecular weight is 208 g/mol. The van der Waals surface area contributed by atoms with Gasteiger partial charge in [-0.3, -0.25) is 0 Å². The molecule has 0 aromatic heterocycles. The van der Waals surface area contributed by atoms with Gasteiger partial charge in [0.2, 0.25) is 0 Å². The van der Waals surface area contributed by atoms with Gasteiger partial charge in [0.1, 0.15) is 5.75 Å². The van der Waals surface area contributed by atoms with Crippen molar-refractivity contribution in [3.63, 3.8) is 0 Å². The lowest BCUT2D eigenvalue weighted by Crippen LogP contribution is -2.04. The molecule has 84 valence electrons. The summed E-state index contributed by atoms with van der Waals surface area (Å²) in [7, 11) is 1.68. The quantitative estimate of drug-likeness (QED) is 0.826. The standard InChI is InChI=1S/C13H20O2/c1-8(2)12-11(10(4)14)7-6-9(3)13(12)15-5/h6-8,10,14H,1-5H3. The third-order valence-electron chi connectivity index (χ3n) is 2.66. The van der Waals surface area contributed by atoms with Crippen LogP contribution in [0.1, 0.15) is 49.5 Å². The molecule has 0 aliphatic heterocycles. The Morgan fingerprint density at radius 1 is 1.20 bits per heavy atom. The second-order valence-corrected chi connectivity index (χ2v) is 4.25. The topological polar surface area (TPSA) is 29.5 Å². The first-order valence-electron chi connectivity index (χ1n) is 5.34. The molecule has 1 unspecified atom stereocenters. The van der Waals surface area contributed by atoms with E-state index in [1.54, 1.807) is 14.0 Å². The van der Waals surface area contributed by atoms with Gasteiger partial charge in [-0.2, -0.15) is 0 Å². The van der Waals surface area contributed by atoms with E-state index in [-0.39, 0.29) is 0 Å². The Balaban J connectivity index is 3.42. The van der Waals surface area contributed by atoms with Crippen molar-refractivity contribution in [1.29, 1.82) is 0 Å². The number of rotatable bonds is 3. The third-order valence-corrected chi connectivity index (χ3v) is 2.66. The number of hydrogen-bond donors (Lipinski definition) is 1. The van der Waals surface area contributed by atoms with Gasteiger partial charge in [0.25, 0.3) is 0 Å². The molecule has 0 aliphatic rings. The Morgan fingerprint density at radius 2 is 1.80 bits per heavy atom. The molecule has 2 nitrogen and oxygen atoms in total. The summed E-state index contributed by atoms with van der Waals surface area (Å²) in [5, 5.41) is 9.71. The molecule has 15 heavy (non-hydrogen) atoms. The van der Waals surface area contributed by atoms with Crippen LogP contribution in [0, 0.1) is 6.92 Å². The highest BCUT2D eigenvalue weighted by molar-refractivity contribution is 5.48. The Morgan fingerprint density at radius 3 is 2.20 bits per heavy atom. The van der Waals surface area contributed by atoms with Crippen LogP contribution in [0.2, 0.25) is 0 Å². The summed E-state index contributed by atoms with van der Waals surface area (Å²) in [5.41, 5.74) is 3.20. The van der Waals surface area contributed by atoms with Crippen LogP contribution in [0.15, 0.2) is 12.1 Å². The van der Waals surface area contributed by atoms with Gasteiger partial charge >= 0.3 is 0 Å². The van der Waals surface area contributed by atoms with E-state index in [1.807, 2.05) is 19.1 Å². The van der Waals surface area contributed by atoms with E-state index in [0.717, 1.165) is 22.4 Å². The second kappa shape index (κ2) is 4.67. The molecule has 2 heteroatoms. The smallest absolute Gasteiger partial charge is 0.125 e. The van der Waals surface area contributed by atoms with Crippen molar-refractivity contribution >= 4 is 0 Å². The van der Waals surface area contributed by atoms with E-state index >= 15 is 0 Å². The fourth-order valence-electron chi connectivity index (χ4n) is 1.95. The average Bonchev–Trinajstić information content (AvgIpc) is 2.16. The zero-order valence-electron chi connectivity index (χ0n) is 10.2. The molecule has 0 bridgehead atoms. The highest BCUT2D eigenvalue weighted by Crippen LogP contribution is 2.35. The summed E-state index contributed by atoms with van der Waals surface area (Å²) >= 11 is 0. The van der Waals surface area contributed by atoms with Crippen molar-refractivity contribution in [3.05, 3.63) is 28.8 Å². The van der Waals surface area contributed by atoms with Crippen molar-refractivity contribution < 1.29 is 9.84 Å². The van der Waals surface area contributed by atoms with E-state index in [0.29, 0.717) is 5.92 Å². The number of aryl methyl sites for hydroxylation is 1. The maximum absolute atomic E-state index is 9.71. The number of hydrogen-bond acceptors (Lipinski definition) is 2. The Hall–Kier alpha value is -1.02. The van der Waals surface area contributed by atoms with Gasteiger partial charge in [0, 0.05) is 5.56 Å². The molecule has 0 saturated heterocycles. The minimum atomic E-state index is -0.447. The second-order valence-electron chi connectivity index (χ2n) is 4.25. The number of aliphatic hydroxyl groups is 1. The molecule has 0 amide bonds. The molecule has 0 fully saturated rings. The molecule has 1 aromatic carbocycles. The molecule has 0 saturated carbocycles. The highest BCUT2D eigenvalue weighted by Gasteiger charge is 2.17. The van der Waals surface area contributed by atoms with Crippen LogP contribution in [-0.2, 0) is 0 Å². The zero-order valence-corrected chi connectivity index (χ0v) is 10.2. The van der Waals surface area contributed by atoms with E-state index in [2.05, 4.69) is 13.8 Å². The predicted octanol–water partition coefficient (Wildman–Crippen LogP) is 3.18. The van der Waals surface area contributed by atoms with Crippen LogP contribution in [0.5, 0.6) is 5.75 Å². The fourth-order valence-corrected chi connectivity index (χ4v) is 1.95. The van der Waals surface area contributed by atoms with E-state index < -0.39 is 6.10 Å². The van der Waals surface area contributed by atoms with Crippen molar-refractivity contribution in [1.82, 2.24) is 0 Å². The third kappa shape index (κ3) is 2.32. The molecule has 1 rings (SSSR count). The fraction of sp³-hybridized carbons (Fsp3) is 0.538. The van der Waals surface area contributed by atoms with Gasteiger partial charge in [0.05, 0.1) is 13.2 Å². The van der Waals surface area contributed by atoms with E-state index in [1.165, 1.54) is 0 Å². The molecule has 1 atom stereocenters. The number of methoxy groups -OCH3 is 1. The Kier molecular flexibility index (Phi) is 3.75. The molecular weight excluding hydrogens is 188 g/mol. The van der Waals surface area contributed by atoms with Crippen molar-refractivity contribution in [2.75, 3.05) is 7.11 Å². The number of ether oxygens (including phenoxy) is 1. The minimum absolute atomic E-state index is 0.351. The summed E-state index contributed by atoms with van der Waals surface area (Å²) in [4.78, 5) is 0. The van der Waals surface area contributed by atoms with Gasteiger partial charge in [-0.15, -0.1) is 0 Å². The molecule has 0 spiro atoms. The summed E-state index contributed by atoms with van der Waals surface area (Å²) in [6, 6.07) is 3.98. The maximum atomic E-state index is 9.71. The summed E-state index contributed by atoms with van der Waals surface area (Å²) in [6.45, 7) is 8.04. The van der Waals surface area contributed by atoms with Crippen LogP contribution in [0.4, 0.5) is 0 Å². The molecule has 1 aromatic rings. The lowest BCUT2D eigenvalue weighted by atomic mass is 9.91. The van der Waals surface area contributed by atoms with Gasteiger partial charge in [-0.05, 0) is 30.9 Å². The maximum Gasteiger partial charge on any atom is 0.125 e. The molecule has 0 radical (unpaired) electrons. The van der Waals surface area contributed by atoms with Crippen LogP contribution in [-0.4, -0.2) is 12.2 Å². The highest BCUT2D eigenvalue weighted by atomic mass is 16.5. The zero-order chi connectivity index (χ0) is 11.6. The number of benzene rings is 1. The predicted molar refractivity (Wildman–Crippen MR) is 62.5 cm³/mol. The van der Waals surface area contributed by atoms with Crippen molar-refractivity contribution in [2.24, 2.45) is 0 Å². The lowest BCUT2D eigenvalue weighted by molar-refractivity contribution is 0.197. The largest absolute Gasteiger partial charge is 0.496 e. The van der Waals surface area contributed by atoms with Crippen molar-refractivity contribution in [2.45, 2.75) is 39.7 Å². The number of aliphatic hydroxyl groups excluding tert-OH is 1. The van der Waals surface area contributed by atoms with Gasteiger partial charge in [-0.1, -0.05) is 26.0 Å². The SMILES string of the molecule is COc1c(C)ccc(C(C)O)c1C(C)C. The normalized spacial score (nSPS) is 13.0. The van der Waals surface area contributed by atoms with Crippen molar-refractivity contribution in [3.8, 4) is 5.75 Å². The monoisotopic (exact) mass is 208 g/mol. The molecule has 1 N–H and O–H groups in total. The molecule has 0 heterocycles. The minimum Gasteiger partial charge on any atom is -0.496 e. The lowest BCUT2D eigenvalue weighted by Gasteiger charge is -2.20. The van der Waals surface area contributed by atoms with Crippen LogP contribution in [0.3, 0.4) is 0 Å². The van der Waals surface area contributed by atoms with Crippen LogP contribution in [0.25, 0.3) is 0 Å². The van der Waals surface area contributed by atoms with Crippen LogP contribution < -0.4 is 4.74 Å². The molecular formula is C13H20O2. The first-order chi connectivity index (χ1) is 6.99. The first-order valence-corrected chi connectivity index (χ1v) is 5.34. The summed E-state index contributed by atoms with van der Waals surface area (Å²) in [5.74, 6) is 1.26. The van der Waals surface area contributed by atoms with Gasteiger partial charge < -0.3 is 9.84 Å². The summed E-state index contributed by atoms with van der Waals surface area (Å²) < 4.78 is 5.42. The van der Waals surface area contributed by atoms with E-state index in [4.69, 9.17) is 4.74 Å². The van der Waals surface area contributed by atoms with Gasteiger partial charge in [0.15, 0.2) is 0 Å². The van der Waals surface area contributed by atoms with E-state index in [9.17, 15) is 5.11 Å². The Bertz CT molecular complexity index is 341. The Labute approximate surface area is 91.9 Å².